The van der Waals surface area contributed by atoms with Gasteiger partial charge in [-0.15, -0.1) is 0 Å². The molecule has 0 aromatic rings. The van der Waals surface area contributed by atoms with Crippen molar-refractivity contribution in [3.05, 3.63) is 23.3 Å². The van der Waals surface area contributed by atoms with Crippen LogP contribution in [0.3, 0.4) is 0 Å². The summed E-state index contributed by atoms with van der Waals surface area (Å²) in [6, 6.07) is 0. The Kier molecular flexibility index (Phi) is 2.85. The van der Waals surface area contributed by atoms with Gasteiger partial charge in [0.1, 0.15) is 6.10 Å². The molecule has 4 heteroatoms. The summed E-state index contributed by atoms with van der Waals surface area (Å²) >= 11 is 0. The van der Waals surface area contributed by atoms with Crippen LogP contribution in [0.4, 0.5) is 0 Å². The lowest BCUT2D eigenvalue weighted by Crippen LogP contribution is -2.42. The van der Waals surface area contributed by atoms with Crippen LogP contribution in [0.15, 0.2) is 23.3 Å². The maximum atomic E-state index is 12.9. The average molecular weight is 302 g/mol. The molecule has 1 unspecified atom stereocenters. The van der Waals surface area contributed by atoms with Crippen molar-refractivity contribution in [2.75, 3.05) is 6.61 Å². The zero-order valence-corrected chi connectivity index (χ0v) is 13.2. The first-order valence-electron chi connectivity index (χ1n) is 8.32. The van der Waals surface area contributed by atoms with Gasteiger partial charge in [-0.2, -0.15) is 0 Å². The van der Waals surface area contributed by atoms with Gasteiger partial charge in [-0.25, -0.2) is 0 Å². The fraction of sp³-hybridized carbons (Fsp3) is 0.667. The fourth-order valence-corrected chi connectivity index (χ4v) is 5.89. The van der Waals surface area contributed by atoms with Gasteiger partial charge in [0.2, 0.25) is 0 Å². The SMILES string of the molecule is CCOC(=O)[C@]12CC[C@H]3CCC4=CC=C([C@H](OC(C)=O)C1)C432. The Bertz CT molecular complexity index is 617. The normalized spacial score (nSPS) is 40.8. The van der Waals surface area contributed by atoms with Crippen molar-refractivity contribution in [2.45, 2.75) is 52.1 Å². The monoisotopic (exact) mass is 302 g/mol. The second-order valence-corrected chi connectivity index (χ2v) is 7.00. The number of allylic oxidation sites excluding steroid dienone is 3. The molecule has 4 rings (SSSR count). The molecule has 0 aromatic carbocycles. The van der Waals surface area contributed by atoms with Crippen LogP contribution in [-0.2, 0) is 19.1 Å². The highest BCUT2D eigenvalue weighted by molar-refractivity contribution is 5.84. The van der Waals surface area contributed by atoms with E-state index in [0.717, 1.165) is 31.3 Å². The molecule has 0 N–H and O–H groups in total. The predicted octanol–water partition coefficient (Wildman–Crippen LogP) is 2.93. The molecule has 22 heavy (non-hydrogen) atoms. The Balaban J connectivity index is 1.83. The minimum Gasteiger partial charge on any atom is -0.466 e. The van der Waals surface area contributed by atoms with E-state index in [2.05, 4.69) is 12.2 Å². The zero-order valence-electron chi connectivity index (χ0n) is 13.2. The number of carbonyl (C=O) groups excluding carboxylic acids is 2. The van der Waals surface area contributed by atoms with Gasteiger partial charge in [-0.1, -0.05) is 17.7 Å². The first-order chi connectivity index (χ1) is 10.6. The smallest absolute Gasteiger partial charge is 0.313 e. The number of carbonyl (C=O) groups is 2. The molecule has 0 saturated heterocycles. The van der Waals surface area contributed by atoms with Gasteiger partial charge in [0, 0.05) is 18.8 Å². The lowest BCUT2D eigenvalue weighted by atomic mass is 9.63. The average Bonchev–Trinajstić information content (AvgIpc) is 3.10. The largest absolute Gasteiger partial charge is 0.466 e. The highest BCUT2D eigenvalue weighted by atomic mass is 16.5. The molecular formula is C18H22O4. The van der Waals surface area contributed by atoms with Crippen molar-refractivity contribution < 1.29 is 19.1 Å². The van der Waals surface area contributed by atoms with E-state index in [1.807, 2.05) is 6.92 Å². The molecule has 0 amide bonds. The fourth-order valence-electron chi connectivity index (χ4n) is 5.89. The standard InChI is InChI=1S/C18H22O4/c1-3-21-16(20)17-9-8-13-5-4-12-6-7-14(18(12,13)17)15(10-17)22-11(2)19/h6-7,13,15H,3-5,8-10H2,1-2H3/t13-,15-,17+,18?/m1/s1. The summed E-state index contributed by atoms with van der Waals surface area (Å²) in [7, 11) is 0. The molecule has 3 saturated carbocycles. The Labute approximate surface area is 130 Å². The van der Waals surface area contributed by atoms with Crippen molar-refractivity contribution in [1.82, 2.24) is 0 Å². The Morgan fingerprint density at radius 2 is 2.14 bits per heavy atom. The first-order valence-corrected chi connectivity index (χ1v) is 8.32. The Hall–Kier alpha value is -1.58. The molecule has 4 aliphatic rings. The van der Waals surface area contributed by atoms with E-state index in [4.69, 9.17) is 9.47 Å². The molecule has 4 atom stereocenters. The number of hydrogen-bond donors (Lipinski definition) is 0. The predicted molar refractivity (Wildman–Crippen MR) is 79.8 cm³/mol. The lowest BCUT2D eigenvalue weighted by molar-refractivity contribution is -0.160. The van der Waals surface area contributed by atoms with Crippen molar-refractivity contribution >= 4 is 11.9 Å². The zero-order chi connectivity index (χ0) is 15.5. The molecule has 0 radical (unpaired) electrons. The van der Waals surface area contributed by atoms with E-state index >= 15 is 0 Å². The lowest BCUT2D eigenvalue weighted by Gasteiger charge is -2.38. The summed E-state index contributed by atoms with van der Waals surface area (Å²) in [5, 5.41) is 0. The molecule has 4 nitrogen and oxygen atoms in total. The maximum absolute atomic E-state index is 12.9. The summed E-state index contributed by atoms with van der Waals surface area (Å²) in [6.45, 7) is 3.70. The van der Waals surface area contributed by atoms with E-state index in [9.17, 15) is 9.59 Å². The van der Waals surface area contributed by atoms with Gasteiger partial charge in [0.15, 0.2) is 0 Å². The van der Waals surface area contributed by atoms with Crippen LogP contribution in [0, 0.1) is 16.7 Å². The second kappa shape index (κ2) is 4.46. The molecule has 118 valence electrons. The topological polar surface area (TPSA) is 52.6 Å². The minimum atomic E-state index is -0.515. The molecular weight excluding hydrogens is 280 g/mol. The summed E-state index contributed by atoms with van der Waals surface area (Å²) in [5.41, 5.74) is 1.80. The van der Waals surface area contributed by atoms with Gasteiger partial charge in [-0.05, 0) is 44.1 Å². The van der Waals surface area contributed by atoms with Crippen molar-refractivity contribution in [3.63, 3.8) is 0 Å². The molecule has 1 spiro atoms. The third-order valence-electron chi connectivity index (χ3n) is 6.33. The number of hydrogen-bond acceptors (Lipinski definition) is 4. The summed E-state index contributed by atoms with van der Waals surface area (Å²) in [5.74, 6) is 0.134. The minimum absolute atomic E-state index is 0.0900. The molecule has 4 aliphatic carbocycles. The first kappa shape index (κ1) is 14.0. The van der Waals surface area contributed by atoms with Gasteiger partial charge in [0.05, 0.1) is 12.0 Å². The summed E-state index contributed by atoms with van der Waals surface area (Å²) in [4.78, 5) is 24.4. The van der Waals surface area contributed by atoms with Crippen molar-refractivity contribution in [3.8, 4) is 0 Å². The quantitative estimate of drug-likeness (QED) is 0.752. The van der Waals surface area contributed by atoms with Crippen LogP contribution in [0.1, 0.15) is 46.0 Å². The highest BCUT2D eigenvalue weighted by Gasteiger charge is 2.75. The maximum Gasteiger partial charge on any atom is 0.313 e. The molecule has 0 bridgehead atoms. The highest BCUT2D eigenvalue weighted by Crippen LogP contribution is 2.77. The molecule has 0 aromatic heterocycles. The van der Waals surface area contributed by atoms with E-state index in [1.54, 1.807) is 0 Å². The van der Waals surface area contributed by atoms with Crippen molar-refractivity contribution in [2.24, 2.45) is 16.7 Å². The Morgan fingerprint density at radius 3 is 2.86 bits per heavy atom. The van der Waals surface area contributed by atoms with Crippen LogP contribution in [0.5, 0.6) is 0 Å². The van der Waals surface area contributed by atoms with E-state index in [0.29, 0.717) is 18.9 Å². The Morgan fingerprint density at radius 1 is 1.32 bits per heavy atom. The molecule has 0 aliphatic heterocycles. The molecule has 3 fully saturated rings. The number of ether oxygens (including phenoxy) is 2. The van der Waals surface area contributed by atoms with Crippen molar-refractivity contribution in [1.29, 1.82) is 0 Å². The second-order valence-electron chi connectivity index (χ2n) is 7.00. The van der Waals surface area contributed by atoms with Gasteiger partial charge >= 0.3 is 11.9 Å². The molecule has 0 heterocycles. The van der Waals surface area contributed by atoms with Crippen LogP contribution in [0.25, 0.3) is 0 Å². The number of esters is 2. The van der Waals surface area contributed by atoms with E-state index in [1.165, 1.54) is 12.5 Å². The van der Waals surface area contributed by atoms with Crippen LogP contribution in [0.2, 0.25) is 0 Å². The third-order valence-corrected chi connectivity index (χ3v) is 6.33. The number of rotatable bonds is 3. The van der Waals surface area contributed by atoms with E-state index in [-0.39, 0.29) is 23.5 Å². The van der Waals surface area contributed by atoms with E-state index < -0.39 is 5.41 Å². The van der Waals surface area contributed by atoms with Crippen LogP contribution >= 0.6 is 0 Å². The van der Waals surface area contributed by atoms with Gasteiger partial charge in [-0.3, -0.25) is 9.59 Å². The van der Waals surface area contributed by atoms with Gasteiger partial charge in [0.25, 0.3) is 0 Å². The summed E-state index contributed by atoms with van der Waals surface area (Å²) in [6.07, 6.45) is 8.71. The third kappa shape index (κ3) is 1.39. The summed E-state index contributed by atoms with van der Waals surface area (Å²) < 4.78 is 11.1. The van der Waals surface area contributed by atoms with Crippen LogP contribution in [-0.4, -0.2) is 24.6 Å². The van der Waals surface area contributed by atoms with Crippen LogP contribution < -0.4 is 0 Å². The van der Waals surface area contributed by atoms with Gasteiger partial charge < -0.3 is 9.47 Å².